The summed E-state index contributed by atoms with van der Waals surface area (Å²) in [5.41, 5.74) is 1.94. The van der Waals surface area contributed by atoms with Gasteiger partial charge in [-0.25, -0.2) is 0 Å². The van der Waals surface area contributed by atoms with E-state index in [-0.39, 0.29) is 17.7 Å². The molecule has 0 saturated carbocycles. The molecule has 1 fully saturated rings. The fraction of sp³-hybridized carbons (Fsp3) is 0.500. The highest BCUT2D eigenvalue weighted by atomic mass is 16.6. The predicted molar refractivity (Wildman–Crippen MR) is 77.5 cm³/mol. The molecular formula is C14H17N3O4. The van der Waals surface area contributed by atoms with Crippen LogP contribution in [0.25, 0.3) is 0 Å². The topological polar surface area (TPSA) is 93.5 Å². The number of benzene rings is 1. The molecule has 2 aliphatic rings. The number of carbonyl (C=O) groups excluding carboxylic acids is 1. The minimum atomic E-state index is -0.394. The van der Waals surface area contributed by atoms with Crippen LogP contribution in [-0.4, -0.2) is 30.1 Å². The molecule has 3 rings (SSSR count). The Morgan fingerprint density at radius 2 is 2.29 bits per heavy atom. The van der Waals surface area contributed by atoms with E-state index in [0.717, 1.165) is 25.0 Å². The quantitative estimate of drug-likeness (QED) is 0.654. The highest BCUT2D eigenvalue weighted by Gasteiger charge is 2.23. The van der Waals surface area contributed by atoms with Crippen LogP contribution in [0.4, 0.5) is 17.1 Å². The lowest BCUT2D eigenvalue weighted by molar-refractivity contribution is -0.384. The Balaban J connectivity index is 1.84. The van der Waals surface area contributed by atoms with Crippen LogP contribution in [0.5, 0.6) is 0 Å². The Morgan fingerprint density at radius 1 is 1.43 bits per heavy atom. The summed E-state index contributed by atoms with van der Waals surface area (Å²) >= 11 is 0. The highest BCUT2D eigenvalue weighted by Crippen LogP contribution is 2.34. The molecule has 0 aromatic heterocycles. The molecule has 1 aromatic carbocycles. The smallest absolute Gasteiger partial charge is 0.292 e. The Bertz CT molecular complexity index is 582. The monoisotopic (exact) mass is 291 g/mol. The van der Waals surface area contributed by atoms with E-state index in [2.05, 4.69) is 10.6 Å². The summed E-state index contributed by atoms with van der Waals surface area (Å²) in [4.78, 5) is 22.3. The molecule has 0 aliphatic carbocycles. The average Bonchev–Trinajstić information content (AvgIpc) is 2.97. The van der Waals surface area contributed by atoms with Gasteiger partial charge in [-0.15, -0.1) is 0 Å². The van der Waals surface area contributed by atoms with Gasteiger partial charge in [-0.2, -0.15) is 0 Å². The van der Waals surface area contributed by atoms with Gasteiger partial charge in [-0.05, 0) is 30.9 Å². The van der Waals surface area contributed by atoms with Gasteiger partial charge < -0.3 is 15.4 Å². The van der Waals surface area contributed by atoms with Crippen LogP contribution < -0.4 is 10.6 Å². The number of carbonyl (C=O) groups is 1. The van der Waals surface area contributed by atoms with Crippen LogP contribution in [-0.2, 0) is 16.0 Å². The fourth-order valence-corrected chi connectivity index (χ4v) is 2.74. The lowest BCUT2D eigenvalue weighted by Gasteiger charge is -2.19. The average molecular weight is 291 g/mol. The van der Waals surface area contributed by atoms with Crippen molar-refractivity contribution in [1.29, 1.82) is 0 Å². The van der Waals surface area contributed by atoms with E-state index in [0.29, 0.717) is 30.8 Å². The second-order valence-corrected chi connectivity index (χ2v) is 5.35. The second kappa shape index (κ2) is 5.69. The molecule has 7 heteroatoms. The molecule has 21 heavy (non-hydrogen) atoms. The first kappa shape index (κ1) is 13.8. The summed E-state index contributed by atoms with van der Waals surface area (Å²) in [6.07, 6.45) is 2.98. The number of nitro groups is 1. The molecule has 112 valence electrons. The third kappa shape index (κ3) is 2.97. The van der Waals surface area contributed by atoms with E-state index in [9.17, 15) is 14.9 Å². The van der Waals surface area contributed by atoms with Gasteiger partial charge in [0.1, 0.15) is 5.69 Å². The Hall–Kier alpha value is -2.15. The lowest BCUT2D eigenvalue weighted by atomic mass is 10.0. The van der Waals surface area contributed by atoms with Crippen LogP contribution in [0.15, 0.2) is 12.1 Å². The van der Waals surface area contributed by atoms with Crippen molar-refractivity contribution in [2.45, 2.75) is 31.8 Å². The maximum Gasteiger partial charge on any atom is 0.292 e. The number of rotatable bonds is 4. The number of fused-ring (bicyclic) bond motifs is 1. The van der Waals surface area contributed by atoms with Crippen LogP contribution >= 0.6 is 0 Å². The minimum absolute atomic E-state index is 0.0443. The molecule has 2 N–H and O–H groups in total. The number of nitro benzene ring substituents is 1. The van der Waals surface area contributed by atoms with Gasteiger partial charge in [0.15, 0.2) is 0 Å². The van der Waals surface area contributed by atoms with Crippen molar-refractivity contribution in [1.82, 2.24) is 0 Å². The number of aryl methyl sites for hydroxylation is 1. The van der Waals surface area contributed by atoms with Crippen molar-refractivity contribution in [3.63, 3.8) is 0 Å². The first-order chi connectivity index (χ1) is 10.1. The van der Waals surface area contributed by atoms with Crippen LogP contribution in [0, 0.1) is 10.1 Å². The van der Waals surface area contributed by atoms with Gasteiger partial charge in [-0.3, -0.25) is 14.9 Å². The number of anilines is 2. The molecule has 1 saturated heterocycles. The first-order valence-corrected chi connectivity index (χ1v) is 7.10. The molecule has 7 nitrogen and oxygen atoms in total. The maximum absolute atomic E-state index is 11.4. The Morgan fingerprint density at radius 3 is 3.00 bits per heavy atom. The molecule has 0 spiro atoms. The molecule has 1 unspecified atom stereocenters. The van der Waals surface area contributed by atoms with E-state index in [4.69, 9.17) is 4.74 Å². The summed E-state index contributed by atoms with van der Waals surface area (Å²) in [6, 6.07) is 3.20. The van der Waals surface area contributed by atoms with Crippen LogP contribution in [0.1, 0.15) is 24.8 Å². The molecule has 1 aromatic rings. The number of hydrogen-bond donors (Lipinski definition) is 2. The summed E-state index contributed by atoms with van der Waals surface area (Å²) in [5, 5.41) is 17.1. The summed E-state index contributed by atoms with van der Waals surface area (Å²) in [6.45, 7) is 1.28. The third-order valence-corrected chi connectivity index (χ3v) is 3.86. The van der Waals surface area contributed by atoms with E-state index < -0.39 is 4.92 Å². The van der Waals surface area contributed by atoms with Crippen LogP contribution in [0.3, 0.4) is 0 Å². The van der Waals surface area contributed by atoms with E-state index in [1.54, 1.807) is 12.1 Å². The minimum Gasteiger partial charge on any atom is -0.377 e. The van der Waals surface area contributed by atoms with Gasteiger partial charge in [0.05, 0.1) is 11.0 Å². The Kier molecular flexibility index (Phi) is 3.74. The molecule has 2 heterocycles. The van der Waals surface area contributed by atoms with Gasteiger partial charge in [-0.1, -0.05) is 0 Å². The summed E-state index contributed by atoms with van der Waals surface area (Å²) in [5.74, 6) is -0.0542. The normalized spacial score (nSPS) is 20.8. The van der Waals surface area contributed by atoms with E-state index in [1.165, 1.54) is 0 Å². The second-order valence-electron chi connectivity index (χ2n) is 5.35. The van der Waals surface area contributed by atoms with Crippen LogP contribution in [0.2, 0.25) is 0 Å². The van der Waals surface area contributed by atoms with Gasteiger partial charge in [0, 0.05) is 31.3 Å². The number of hydrogen-bond acceptors (Lipinski definition) is 5. The van der Waals surface area contributed by atoms with Gasteiger partial charge >= 0.3 is 0 Å². The highest BCUT2D eigenvalue weighted by molar-refractivity contribution is 5.95. The fourth-order valence-electron chi connectivity index (χ4n) is 2.74. The standard InChI is InChI=1S/C14H17N3O4/c18-14-4-3-9-6-13(17(19)20)12(7-11(9)16-14)15-8-10-2-1-5-21-10/h6-7,10,15H,1-5,8H2,(H,16,18). The SMILES string of the molecule is O=C1CCc2cc([N+](=O)[O-])c(NCC3CCCO3)cc2N1. The summed E-state index contributed by atoms with van der Waals surface area (Å²) < 4.78 is 5.50. The van der Waals surface area contributed by atoms with Crippen molar-refractivity contribution in [2.75, 3.05) is 23.8 Å². The Labute approximate surface area is 121 Å². The number of nitrogens with one attached hydrogen (secondary N) is 2. The van der Waals surface area contributed by atoms with Crippen molar-refractivity contribution >= 4 is 23.0 Å². The molecule has 1 atom stereocenters. The summed E-state index contributed by atoms with van der Waals surface area (Å²) in [7, 11) is 0. The van der Waals surface area contributed by atoms with Crippen molar-refractivity contribution in [3.8, 4) is 0 Å². The first-order valence-electron chi connectivity index (χ1n) is 7.10. The molecule has 0 bridgehead atoms. The molecule has 0 radical (unpaired) electrons. The maximum atomic E-state index is 11.4. The van der Waals surface area contributed by atoms with Crippen molar-refractivity contribution < 1.29 is 14.5 Å². The number of ether oxygens (including phenoxy) is 1. The number of nitrogens with zero attached hydrogens (tertiary/aromatic N) is 1. The zero-order chi connectivity index (χ0) is 14.8. The molecular weight excluding hydrogens is 274 g/mol. The van der Waals surface area contributed by atoms with Gasteiger partial charge in [0.2, 0.25) is 5.91 Å². The molecule has 2 aliphatic heterocycles. The largest absolute Gasteiger partial charge is 0.377 e. The van der Waals surface area contributed by atoms with Gasteiger partial charge in [0.25, 0.3) is 5.69 Å². The predicted octanol–water partition coefficient (Wildman–Crippen LogP) is 2.07. The third-order valence-electron chi connectivity index (χ3n) is 3.86. The zero-order valence-corrected chi connectivity index (χ0v) is 11.6. The van der Waals surface area contributed by atoms with E-state index in [1.807, 2.05) is 0 Å². The van der Waals surface area contributed by atoms with E-state index >= 15 is 0 Å². The van der Waals surface area contributed by atoms with Crippen molar-refractivity contribution in [2.24, 2.45) is 0 Å². The lowest BCUT2D eigenvalue weighted by Crippen LogP contribution is -2.21. The molecule has 1 amide bonds. The zero-order valence-electron chi connectivity index (χ0n) is 11.6. The number of amides is 1. The van der Waals surface area contributed by atoms with Crippen molar-refractivity contribution in [3.05, 3.63) is 27.8 Å².